The topological polar surface area (TPSA) is 81.2 Å². The van der Waals surface area contributed by atoms with Crippen molar-refractivity contribution in [3.63, 3.8) is 0 Å². The molecule has 2 heterocycles. The van der Waals surface area contributed by atoms with Gasteiger partial charge in [0.05, 0.1) is 17.1 Å². The summed E-state index contributed by atoms with van der Waals surface area (Å²) in [5, 5.41) is 11.0. The van der Waals surface area contributed by atoms with E-state index in [2.05, 4.69) is 27.6 Å². The van der Waals surface area contributed by atoms with E-state index in [1.54, 1.807) is 12.3 Å². The molecule has 0 saturated heterocycles. The van der Waals surface area contributed by atoms with Crippen LogP contribution in [-0.2, 0) is 4.79 Å². The summed E-state index contributed by atoms with van der Waals surface area (Å²) in [5.41, 5.74) is 4.88. The molecule has 1 aromatic carbocycles. The van der Waals surface area contributed by atoms with E-state index in [1.165, 1.54) is 17.3 Å². The SMILES string of the molecule is Cc1cc(C)c(NC(=O)[C@H](C)Sc2nnc(-c3ccoc3C)o2)c(C)c1. The molecule has 1 N–H and O–H groups in total. The number of nitrogens with one attached hydrogen (secondary N) is 1. The van der Waals surface area contributed by atoms with Crippen molar-refractivity contribution in [2.45, 2.75) is 45.1 Å². The Kier molecular flexibility index (Phi) is 5.18. The number of furan rings is 1. The molecule has 2 aromatic heterocycles. The van der Waals surface area contributed by atoms with Crippen molar-refractivity contribution < 1.29 is 13.6 Å². The molecule has 0 spiro atoms. The Morgan fingerprint density at radius 2 is 1.85 bits per heavy atom. The van der Waals surface area contributed by atoms with Crippen LogP contribution in [0.15, 0.2) is 38.5 Å². The molecule has 0 saturated carbocycles. The van der Waals surface area contributed by atoms with E-state index < -0.39 is 0 Å². The summed E-state index contributed by atoms with van der Waals surface area (Å²) in [6.07, 6.45) is 1.57. The minimum atomic E-state index is -0.381. The monoisotopic (exact) mass is 371 g/mol. The summed E-state index contributed by atoms with van der Waals surface area (Å²) >= 11 is 1.23. The van der Waals surface area contributed by atoms with Gasteiger partial charge in [-0.25, -0.2) is 0 Å². The van der Waals surface area contributed by atoms with E-state index in [0.29, 0.717) is 16.9 Å². The molecule has 0 fully saturated rings. The quantitative estimate of drug-likeness (QED) is 0.656. The third-order valence-electron chi connectivity index (χ3n) is 4.07. The second-order valence-electron chi connectivity index (χ2n) is 6.29. The second kappa shape index (κ2) is 7.37. The highest BCUT2D eigenvalue weighted by molar-refractivity contribution is 8.00. The first-order valence-electron chi connectivity index (χ1n) is 8.28. The molecule has 0 radical (unpaired) electrons. The fraction of sp³-hybridized carbons (Fsp3) is 0.316. The van der Waals surface area contributed by atoms with Crippen molar-refractivity contribution in [1.29, 1.82) is 0 Å². The average Bonchev–Trinajstić information content (AvgIpc) is 3.19. The summed E-state index contributed by atoms with van der Waals surface area (Å²) in [5.74, 6) is 0.988. The van der Waals surface area contributed by atoms with Gasteiger partial charge in [-0.15, -0.1) is 10.2 Å². The number of nitrogens with zero attached hydrogens (tertiary/aromatic N) is 2. The number of aryl methyl sites for hydroxylation is 4. The number of rotatable bonds is 5. The Morgan fingerprint density at radius 1 is 1.15 bits per heavy atom. The lowest BCUT2D eigenvalue weighted by Crippen LogP contribution is -2.23. The number of thioether (sulfide) groups is 1. The van der Waals surface area contributed by atoms with Crippen LogP contribution in [0.1, 0.15) is 29.4 Å². The van der Waals surface area contributed by atoms with Crippen molar-refractivity contribution in [2.75, 3.05) is 5.32 Å². The summed E-state index contributed by atoms with van der Waals surface area (Å²) in [4.78, 5) is 12.6. The Bertz CT molecular complexity index is 922. The Balaban J connectivity index is 1.69. The largest absolute Gasteiger partial charge is 0.469 e. The molecule has 6 nitrogen and oxygen atoms in total. The zero-order valence-corrected chi connectivity index (χ0v) is 16.2. The molecule has 1 atom stereocenters. The van der Waals surface area contributed by atoms with Gasteiger partial charge in [-0.3, -0.25) is 4.79 Å². The summed E-state index contributed by atoms with van der Waals surface area (Å²) in [6, 6.07) is 5.88. The second-order valence-corrected chi connectivity index (χ2v) is 7.58. The lowest BCUT2D eigenvalue weighted by molar-refractivity contribution is -0.115. The highest BCUT2D eigenvalue weighted by Crippen LogP contribution is 2.29. The molecule has 0 unspecified atom stereocenters. The third-order valence-corrected chi connectivity index (χ3v) is 5.00. The zero-order chi connectivity index (χ0) is 18.8. The van der Waals surface area contributed by atoms with Crippen molar-refractivity contribution >= 4 is 23.4 Å². The molecule has 136 valence electrons. The van der Waals surface area contributed by atoms with Gasteiger partial charge in [-0.2, -0.15) is 0 Å². The number of anilines is 1. The van der Waals surface area contributed by atoms with Crippen molar-refractivity contribution in [3.05, 3.63) is 46.9 Å². The number of hydrogen-bond acceptors (Lipinski definition) is 6. The highest BCUT2D eigenvalue weighted by Gasteiger charge is 2.21. The van der Waals surface area contributed by atoms with Gasteiger partial charge < -0.3 is 14.2 Å². The molecular weight excluding hydrogens is 350 g/mol. The zero-order valence-electron chi connectivity index (χ0n) is 15.4. The summed E-state index contributed by atoms with van der Waals surface area (Å²) in [7, 11) is 0. The van der Waals surface area contributed by atoms with Gasteiger partial charge in [0.25, 0.3) is 11.1 Å². The number of carbonyl (C=O) groups is 1. The maximum Gasteiger partial charge on any atom is 0.277 e. The fourth-order valence-electron chi connectivity index (χ4n) is 2.78. The van der Waals surface area contributed by atoms with Crippen molar-refractivity contribution in [1.82, 2.24) is 10.2 Å². The molecule has 0 aliphatic rings. The van der Waals surface area contributed by atoms with Gasteiger partial charge in [0.1, 0.15) is 5.76 Å². The molecule has 0 bridgehead atoms. The lowest BCUT2D eigenvalue weighted by Gasteiger charge is -2.15. The molecule has 1 amide bonds. The molecule has 3 aromatic rings. The first-order valence-corrected chi connectivity index (χ1v) is 9.16. The summed E-state index contributed by atoms with van der Waals surface area (Å²) in [6.45, 7) is 9.66. The fourth-order valence-corrected chi connectivity index (χ4v) is 3.46. The maximum absolute atomic E-state index is 12.6. The molecule has 26 heavy (non-hydrogen) atoms. The smallest absolute Gasteiger partial charge is 0.277 e. The Morgan fingerprint density at radius 3 is 2.46 bits per heavy atom. The van der Waals surface area contributed by atoms with Gasteiger partial charge in [0.15, 0.2) is 0 Å². The molecule has 3 rings (SSSR count). The van der Waals surface area contributed by atoms with E-state index in [0.717, 1.165) is 22.4 Å². The van der Waals surface area contributed by atoms with Gasteiger partial charge in [0.2, 0.25) is 5.91 Å². The van der Waals surface area contributed by atoms with Crippen LogP contribution in [0.3, 0.4) is 0 Å². The van der Waals surface area contributed by atoms with E-state index in [1.807, 2.05) is 34.6 Å². The summed E-state index contributed by atoms with van der Waals surface area (Å²) < 4.78 is 10.9. The molecule has 7 heteroatoms. The van der Waals surface area contributed by atoms with Gasteiger partial charge in [-0.1, -0.05) is 29.5 Å². The van der Waals surface area contributed by atoms with Crippen LogP contribution in [-0.4, -0.2) is 21.4 Å². The van der Waals surface area contributed by atoms with Crippen LogP contribution in [0.2, 0.25) is 0 Å². The average molecular weight is 371 g/mol. The normalized spacial score (nSPS) is 12.2. The van der Waals surface area contributed by atoms with E-state index in [4.69, 9.17) is 8.83 Å². The van der Waals surface area contributed by atoms with Crippen LogP contribution in [0, 0.1) is 27.7 Å². The molecular formula is C19H21N3O3S. The molecule has 0 aliphatic heterocycles. The van der Waals surface area contributed by atoms with Gasteiger partial charge >= 0.3 is 0 Å². The lowest BCUT2D eigenvalue weighted by atomic mass is 10.1. The maximum atomic E-state index is 12.6. The standard InChI is InChI=1S/C19H21N3O3S/c1-10-8-11(2)16(12(3)9-10)20-17(23)14(5)26-19-22-21-18(25-19)15-6-7-24-13(15)4/h6-9,14H,1-5H3,(H,20,23)/t14-/m0/s1. The number of aromatic nitrogens is 2. The van der Waals surface area contributed by atoms with E-state index in [-0.39, 0.29) is 11.2 Å². The first kappa shape index (κ1) is 18.3. The third kappa shape index (κ3) is 3.83. The number of carbonyl (C=O) groups excluding carboxylic acids is 1. The van der Waals surface area contributed by atoms with Crippen LogP contribution in [0.4, 0.5) is 5.69 Å². The van der Waals surface area contributed by atoms with Crippen LogP contribution >= 0.6 is 11.8 Å². The van der Waals surface area contributed by atoms with Crippen molar-refractivity contribution in [2.24, 2.45) is 0 Å². The minimum Gasteiger partial charge on any atom is -0.469 e. The Labute approximate surface area is 156 Å². The predicted octanol–water partition coefficient (Wildman–Crippen LogP) is 4.68. The first-order chi connectivity index (χ1) is 12.3. The van der Waals surface area contributed by atoms with Gasteiger partial charge in [0, 0.05) is 5.69 Å². The van der Waals surface area contributed by atoms with Crippen molar-refractivity contribution in [3.8, 4) is 11.5 Å². The molecule has 0 aliphatic carbocycles. The highest BCUT2D eigenvalue weighted by atomic mass is 32.2. The number of hydrogen-bond donors (Lipinski definition) is 1. The van der Waals surface area contributed by atoms with Crippen LogP contribution in [0.25, 0.3) is 11.5 Å². The van der Waals surface area contributed by atoms with Gasteiger partial charge in [-0.05, 0) is 51.8 Å². The van der Waals surface area contributed by atoms with E-state index in [9.17, 15) is 4.79 Å². The predicted molar refractivity (Wildman–Crippen MR) is 101 cm³/mol. The van der Waals surface area contributed by atoms with E-state index >= 15 is 0 Å². The van der Waals surface area contributed by atoms with Crippen LogP contribution in [0.5, 0.6) is 0 Å². The van der Waals surface area contributed by atoms with Crippen LogP contribution < -0.4 is 5.32 Å². The Hall–Kier alpha value is -2.54. The number of benzene rings is 1. The number of amides is 1. The minimum absolute atomic E-state index is 0.107.